The Morgan fingerprint density at radius 2 is 2.31 bits per heavy atom. The highest BCUT2D eigenvalue weighted by Crippen LogP contribution is 2.26. The summed E-state index contributed by atoms with van der Waals surface area (Å²) in [6.07, 6.45) is 2.61. The second-order valence-electron chi connectivity index (χ2n) is 2.51. The third-order valence-electron chi connectivity index (χ3n) is 1.46. The Kier molecular flexibility index (Phi) is 4.02. The molecule has 0 bridgehead atoms. The number of hydrogen-bond donors (Lipinski definition) is 0. The van der Waals surface area contributed by atoms with Crippen molar-refractivity contribution in [1.29, 1.82) is 0 Å². The van der Waals surface area contributed by atoms with E-state index in [0.29, 0.717) is 12.5 Å². The molecule has 0 aliphatic rings. The third kappa shape index (κ3) is 2.88. The van der Waals surface area contributed by atoms with E-state index < -0.39 is 0 Å². The van der Waals surface area contributed by atoms with E-state index in [-0.39, 0.29) is 0 Å². The largest absolute Gasteiger partial charge is 0.495 e. The van der Waals surface area contributed by atoms with E-state index in [1.54, 1.807) is 13.3 Å². The summed E-state index contributed by atoms with van der Waals surface area (Å²) >= 11 is 3.35. The van der Waals surface area contributed by atoms with Crippen molar-refractivity contribution in [2.45, 2.75) is 13.3 Å². The van der Waals surface area contributed by atoms with Crippen LogP contribution in [0.3, 0.4) is 0 Å². The number of pyridine rings is 1. The molecular formula is C9H12BrNO2. The van der Waals surface area contributed by atoms with Crippen molar-refractivity contribution in [3.63, 3.8) is 0 Å². The second-order valence-corrected chi connectivity index (χ2v) is 3.36. The fourth-order valence-corrected chi connectivity index (χ4v) is 1.27. The van der Waals surface area contributed by atoms with Gasteiger partial charge < -0.3 is 9.47 Å². The normalized spacial score (nSPS) is 9.77. The van der Waals surface area contributed by atoms with Gasteiger partial charge in [-0.25, -0.2) is 4.98 Å². The van der Waals surface area contributed by atoms with E-state index >= 15 is 0 Å². The van der Waals surface area contributed by atoms with Gasteiger partial charge >= 0.3 is 0 Å². The third-order valence-corrected chi connectivity index (χ3v) is 2.03. The lowest BCUT2D eigenvalue weighted by atomic mass is 10.4. The number of methoxy groups -OCH3 is 1. The minimum absolute atomic E-state index is 0.614. The van der Waals surface area contributed by atoms with Gasteiger partial charge in [0.1, 0.15) is 5.75 Å². The smallest absolute Gasteiger partial charge is 0.228 e. The minimum atomic E-state index is 0.614. The lowest BCUT2D eigenvalue weighted by Gasteiger charge is -2.06. The molecule has 1 aromatic heterocycles. The molecule has 0 amide bonds. The fraction of sp³-hybridized carbons (Fsp3) is 0.444. The van der Waals surface area contributed by atoms with E-state index in [1.165, 1.54) is 0 Å². The topological polar surface area (TPSA) is 31.4 Å². The molecule has 0 unspecified atom stereocenters. The molecule has 1 heterocycles. The SMILES string of the molecule is CCCOc1ncc(OC)cc1Br. The van der Waals surface area contributed by atoms with Crippen LogP contribution in [0.2, 0.25) is 0 Å². The molecule has 0 aromatic carbocycles. The first-order valence-electron chi connectivity index (χ1n) is 4.10. The molecule has 0 spiro atoms. The van der Waals surface area contributed by atoms with Crippen LogP contribution in [0, 0.1) is 0 Å². The number of halogens is 1. The summed E-state index contributed by atoms with van der Waals surface area (Å²) in [5.41, 5.74) is 0. The highest BCUT2D eigenvalue weighted by molar-refractivity contribution is 9.10. The van der Waals surface area contributed by atoms with Crippen LogP contribution >= 0.6 is 15.9 Å². The van der Waals surface area contributed by atoms with Gasteiger partial charge in [0.05, 0.1) is 24.4 Å². The van der Waals surface area contributed by atoms with Crippen LogP contribution in [0.15, 0.2) is 16.7 Å². The zero-order valence-corrected chi connectivity index (χ0v) is 9.30. The number of aromatic nitrogens is 1. The molecule has 3 nitrogen and oxygen atoms in total. The predicted molar refractivity (Wildman–Crippen MR) is 54.3 cm³/mol. The average Bonchev–Trinajstić information content (AvgIpc) is 2.16. The fourth-order valence-electron chi connectivity index (χ4n) is 0.824. The van der Waals surface area contributed by atoms with Gasteiger partial charge in [-0.05, 0) is 22.4 Å². The van der Waals surface area contributed by atoms with Crippen LogP contribution in [-0.2, 0) is 0 Å². The van der Waals surface area contributed by atoms with Gasteiger partial charge in [0.25, 0.3) is 0 Å². The standard InChI is InChI=1S/C9H12BrNO2/c1-3-4-13-9-8(10)5-7(12-2)6-11-9/h5-6H,3-4H2,1-2H3. The Morgan fingerprint density at radius 1 is 1.54 bits per heavy atom. The Bertz CT molecular complexity index is 278. The molecule has 0 atom stereocenters. The lowest BCUT2D eigenvalue weighted by molar-refractivity contribution is 0.301. The van der Waals surface area contributed by atoms with Gasteiger partial charge in [-0.15, -0.1) is 0 Å². The Balaban J connectivity index is 2.73. The molecule has 1 rings (SSSR count). The van der Waals surface area contributed by atoms with E-state index in [2.05, 4.69) is 27.8 Å². The molecule has 0 fully saturated rings. The lowest BCUT2D eigenvalue weighted by Crippen LogP contribution is -1.98. The van der Waals surface area contributed by atoms with Gasteiger partial charge in [0.15, 0.2) is 0 Å². The van der Waals surface area contributed by atoms with Gasteiger partial charge in [-0.1, -0.05) is 6.92 Å². The van der Waals surface area contributed by atoms with Gasteiger partial charge in [0, 0.05) is 6.07 Å². The van der Waals surface area contributed by atoms with Crippen LogP contribution in [0.5, 0.6) is 11.6 Å². The Labute approximate surface area is 86.2 Å². The number of hydrogen-bond acceptors (Lipinski definition) is 3. The van der Waals surface area contributed by atoms with Gasteiger partial charge in [-0.3, -0.25) is 0 Å². The number of ether oxygens (including phenoxy) is 2. The Hall–Kier alpha value is -0.770. The summed E-state index contributed by atoms with van der Waals surface area (Å²) in [6.45, 7) is 2.73. The maximum Gasteiger partial charge on any atom is 0.228 e. The summed E-state index contributed by atoms with van der Waals surface area (Å²) < 4.78 is 11.2. The van der Waals surface area contributed by atoms with Crippen LogP contribution in [-0.4, -0.2) is 18.7 Å². The first-order valence-corrected chi connectivity index (χ1v) is 4.89. The number of nitrogens with zero attached hydrogens (tertiary/aromatic N) is 1. The van der Waals surface area contributed by atoms with Crippen molar-refractivity contribution in [2.24, 2.45) is 0 Å². The van der Waals surface area contributed by atoms with Gasteiger partial charge in [0.2, 0.25) is 5.88 Å². The van der Waals surface area contributed by atoms with E-state index in [9.17, 15) is 0 Å². The molecule has 1 aromatic rings. The zero-order valence-electron chi connectivity index (χ0n) is 7.71. The van der Waals surface area contributed by atoms with Crippen molar-refractivity contribution >= 4 is 15.9 Å². The molecular weight excluding hydrogens is 234 g/mol. The summed E-state index contributed by atoms with van der Waals surface area (Å²) in [5.74, 6) is 1.33. The minimum Gasteiger partial charge on any atom is -0.495 e. The molecule has 0 radical (unpaired) electrons. The monoisotopic (exact) mass is 245 g/mol. The first-order chi connectivity index (χ1) is 6.27. The summed E-state index contributed by atoms with van der Waals surface area (Å²) in [5, 5.41) is 0. The maximum atomic E-state index is 5.37. The van der Waals surface area contributed by atoms with Gasteiger partial charge in [-0.2, -0.15) is 0 Å². The van der Waals surface area contributed by atoms with Crippen molar-refractivity contribution in [3.05, 3.63) is 16.7 Å². The van der Waals surface area contributed by atoms with E-state index in [1.807, 2.05) is 6.07 Å². The summed E-state index contributed by atoms with van der Waals surface area (Å²) in [6, 6.07) is 1.83. The predicted octanol–water partition coefficient (Wildman–Crippen LogP) is 2.64. The Morgan fingerprint density at radius 3 is 2.85 bits per heavy atom. The summed E-state index contributed by atoms with van der Waals surface area (Å²) in [7, 11) is 1.61. The van der Waals surface area contributed by atoms with Crippen LogP contribution in [0.1, 0.15) is 13.3 Å². The quantitative estimate of drug-likeness (QED) is 0.818. The molecule has 0 saturated carbocycles. The van der Waals surface area contributed by atoms with Crippen molar-refractivity contribution in [2.75, 3.05) is 13.7 Å². The van der Waals surface area contributed by atoms with Crippen molar-refractivity contribution < 1.29 is 9.47 Å². The molecule has 0 aliphatic carbocycles. The van der Waals surface area contributed by atoms with Crippen LogP contribution in [0.4, 0.5) is 0 Å². The first kappa shape index (κ1) is 10.3. The van der Waals surface area contributed by atoms with Crippen molar-refractivity contribution in [3.8, 4) is 11.6 Å². The second kappa shape index (κ2) is 5.07. The van der Waals surface area contributed by atoms with Crippen molar-refractivity contribution in [1.82, 2.24) is 4.98 Å². The maximum absolute atomic E-state index is 5.37. The number of rotatable bonds is 4. The molecule has 0 saturated heterocycles. The summed E-state index contributed by atoms with van der Waals surface area (Å²) in [4.78, 5) is 4.09. The molecule has 4 heteroatoms. The van der Waals surface area contributed by atoms with Crippen LogP contribution < -0.4 is 9.47 Å². The van der Waals surface area contributed by atoms with E-state index in [4.69, 9.17) is 9.47 Å². The average molecular weight is 246 g/mol. The molecule has 0 aliphatic heterocycles. The van der Waals surface area contributed by atoms with E-state index in [0.717, 1.165) is 16.6 Å². The molecule has 0 N–H and O–H groups in total. The highest BCUT2D eigenvalue weighted by atomic mass is 79.9. The highest BCUT2D eigenvalue weighted by Gasteiger charge is 2.03. The zero-order chi connectivity index (χ0) is 9.68. The molecule has 13 heavy (non-hydrogen) atoms. The van der Waals surface area contributed by atoms with Crippen LogP contribution in [0.25, 0.3) is 0 Å². The molecule has 72 valence electrons.